The smallest absolute Gasteiger partial charge is 0.263 e. The van der Waals surface area contributed by atoms with Crippen molar-refractivity contribution in [3.8, 4) is 0 Å². The highest BCUT2D eigenvalue weighted by Crippen LogP contribution is 2.51. The number of para-hydroxylation sites is 1. The van der Waals surface area contributed by atoms with Crippen LogP contribution >= 0.6 is 23.1 Å². The number of carbonyl (C=O) groups excluding carboxylic acids is 1. The Morgan fingerprint density at radius 3 is 2.77 bits per heavy atom. The molecule has 1 amide bonds. The van der Waals surface area contributed by atoms with Gasteiger partial charge in [-0.05, 0) is 31.5 Å². The van der Waals surface area contributed by atoms with Crippen LogP contribution in [0.5, 0.6) is 0 Å². The molecular formula is C19H18N2O3S2. The Hall–Kier alpha value is -1.96. The number of carbonyl (C=O) groups is 1. The minimum absolute atomic E-state index is 0.00162. The van der Waals surface area contributed by atoms with Gasteiger partial charge in [0.25, 0.3) is 5.91 Å². The number of thiophene rings is 1. The van der Waals surface area contributed by atoms with E-state index in [1.807, 2.05) is 49.1 Å². The number of thioether (sulfide) groups is 1. The standard InChI is InChI=1S/C19H18N2O3S2/c1-19(2)8-12-13(9-24-19)26-17-15(12)16(23)20(11-6-4-3-5-7-11)18-21(17)14(22)10-25-18/h3-7,10,18,22H,8-9H2,1-2H3. The van der Waals surface area contributed by atoms with Gasteiger partial charge in [0.1, 0.15) is 5.00 Å². The third kappa shape index (κ3) is 2.24. The normalized spacial score (nSPS) is 23.4. The predicted molar refractivity (Wildman–Crippen MR) is 105 cm³/mol. The van der Waals surface area contributed by atoms with Crippen molar-refractivity contribution in [1.82, 2.24) is 0 Å². The second-order valence-electron chi connectivity index (χ2n) is 7.23. The third-order valence-corrected chi connectivity index (χ3v) is 7.15. The van der Waals surface area contributed by atoms with Crippen LogP contribution in [0.4, 0.5) is 10.7 Å². The molecule has 0 bridgehead atoms. The van der Waals surface area contributed by atoms with Crippen LogP contribution in [0.1, 0.15) is 34.6 Å². The highest BCUT2D eigenvalue weighted by molar-refractivity contribution is 8.03. The van der Waals surface area contributed by atoms with E-state index in [4.69, 9.17) is 4.74 Å². The number of aliphatic hydroxyl groups excluding tert-OH is 1. The molecule has 0 spiro atoms. The molecule has 134 valence electrons. The number of anilines is 2. The monoisotopic (exact) mass is 386 g/mol. The van der Waals surface area contributed by atoms with Crippen molar-refractivity contribution in [3.63, 3.8) is 0 Å². The van der Waals surface area contributed by atoms with Gasteiger partial charge in [0, 0.05) is 22.4 Å². The van der Waals surface area contributed by atoms with Gasteiger partial charge in [-0.3, -0.25) is 14.6 Å². The zero-order valence-electron chi connectivity index (χ0n) is 14.4. The SMILES string of the molecule is CC1(C)Cc2c(sc3c2C(=O)N(c2ccccc2)C2SC=C(O)N32)CO1. The summed E-state index contributed by atoms with van der Waals surface area (Å²) < 4.78 is 5.94. The Labute approximate surface area is 159 Å². The molecule has 0 saturated carbocycles. The van der Waals surface area contributed by atoms with E-state index in [1.54, 1.807) is 21.6 Å². The zero-order valence-corrected chi connectivity index (χ0v) is 16.1. The molecule has 2 aromatic rings. The van der Waals surface area contributed by atoms with E-state index in [0.29, 0.717) is 18.6 Å². The van der Waals surface area contributed by atoms with Crippen molar-refractivity contribution in [1.29, 1.82) is 0 Å². The third-order valence-electron chi connectivity index (χ3n) is 4.94. The van der Waals surface area contributed by atoms with Crippen molar-refractivity contribution in [2.45, 2.75) is 38.0 Å². The van der Waals surface area contributed by atoms with E-state index in [0.717, 1.165) is 21.1 Å². The molecule has 1 aromatic carbocycles. The number of amides is 1. The first-order chi connectivity index (χ1) is 12.5. The van der Waals surface area contributed by atoms with Crippen molar-refractivity contribution in [3.05, 3.63) is 57.6 Å². The molecule has 1 unspecified atom stereocenters. The number of hydrogen-bond acceptors (Lipinski definition) is 6. The summed E-state index contributed by atoms with van der Waals surface area (Å²) in [5, 5.41) is 13.0. The molecule has 3 aliphatic heterocycles. The van der Waals surface area contributed by atoms with Crippen LogP contribution in [-0.2, 0) is 17.8 Å². The summed E-state index contributed by atoms with van der Waals surface area (Å²) in [5.41, 5.74) is 2.01. The van der Waals surface area contributed by atoms with Gasteiger partial charge in [0.15, 0.2) is 5.50 Å². The fourth-order valence-corrected chi connectivity index (χ4v) is 6.07. The summed E-state index contributed by atoms with van der Waals surface area (Å²) in [6, 6.07) is 9.65. The van der Waals surface area contributed by atoms with Crippen LogP contribution in [0.3, 0.4) is 0 Å². The summed E-state index contributed by atoms with van der Waals surface area (Å²) in [7, 11) is 0. The molecule has 5 rings (SSSR count). The van der Waals surface area contributed by atoms with Crippen molar-refractivity contribution < 1.29 is 14.6 Å². The summed E-state index contributed by atoms with van der Waals surface area (Å²) >= 11 is 3.00. The largest absolute Gasteiger partial charge is 0.494 e. The maximum Gasteiger partial charge on any atom is 0.263 e. The van der Waals surface area contributed by atoms with E-state index in [-0.39, 0.29) is 22.9 Å². The summed E-state index contributed by atoms with van der Waals surface area (Å²) in [4.78, 5) is 18.3. The van der Waals surface area contributed by atoms with Gasteiger partial charge in [-0.25, -0.2) is 0 Å². The van der Waals surface area contributed by atoms with Crippen LogP contribution < -0.4 is 9.80 Å². The van der Waals surface area contributed by atoms with E-state index in [9.17, 15) is 9.90 Å². The van der Waals surface area contributed by atoms with Gasteiger partial charge < -0.3 is 9.84 Å². The molecule has 3 aliphatic rings. The van der Waals surface area contributed by atoms with Crippen LogP contribution in [0.25, 0.3) is 0 Å². The first-order valence-corrected chi connectivity index (χ1v) is 10.2. The molecule has 1 N–H and O–H groups in total. The number of rotatable bonds is 1. The molecule has 0 saturated heterocycles. The molecule has 0 radical (unpaired) electrons. The lowest BCUT2D eigenvalue weighted by Gasteiger charge is -2.40. The fraction of sp³-hybridized carbons (Fsp3) is 0.316. The number of aliphatic hydroxyl groups is 1. The predicted octanol–water partition coefficient (Wildman–Crippen LogP) is 4.45. The number of ether oxygens (including phenoxy) is 1. The number of nitrogens with zero attached hydrogens (tertiary/aromatic N) is 2. The van der Waals surface area contributed by atoms with Gasteiger partial charge >= 0.3 is 0 Å². The Balaban J connectivity index is 1.70. The average molecular weight is 386 g/mol. The van der Waals surface area contributed by atoms with Crippen LogP contribution in [0, 0.1) is 0 Å². The van der Waals surface area contributed by atoms with Crippen molar-refractivity contribution >= 4 is 39.7 Å². The van der Waals surface area contributed by atoms with E-state index < -0.39 is 0 Å². The first-order valence-electron chi connectivity index (χ1n) is 8.47. The van der Waals surface area contributed by atoms with E-state index in [2.05, 4.69) is 0 Å². The molecular weight excluding hydrogens is 368 g/mol. The Morgan fingerprint density at radius 1 is 1.23 bits per heavy atom. The Morgan fingerprint density at radius 2 is 2.00 bits per heavy atom. The molecule has 7 heteroatoms. The molecule has 26 heavy (non-hydrogen) atoms. The molecule has 4 heterocycles. The van der Waals surface area contributed by atoms with Crippen molar-refractivity contribution in [2.24, 2.45) is 0 Å². The molecule has 1 atom stereocenters. The zero-order chi connectivity index (χ0) is 18.1. The average Bonchev–Trinajstić information content (AvgIpc) is 3.16. The van der Waals surface area contributed by atoms with Gasteiger partial charge in [0.2, 0.25) is 5.88 Å². The van der Waals surface area contributed by atoms with Crippen LogP contribution in [-0.4, -0.2) is 22.1 Å². The summed E-state index contributed by atoms with van der Waals surface area (Å²) in [6.45, 7) is 4.61. The lowest BCUT2D eigenvalue weighted by Crippen LogP contribution is -2.51. The summed E-state index contributed by atoms with van der Waals surface area (Å²) in [5.74, 6) is 0.187. The van der Waals surface area contributed by atoms with Gasteiger partial charge in [-0.2, -0.15) is 0 Å². The molecule has 5 nitrogen and oxygen atoms in total. The van der Waals surface area contributed by atoms with Gasteiger partial charge in [-0.1, -0.05) is 30.0 Å². The second-order valence-corrected chi connectivity index (χ2v) is 9.24. The lowest BCUT2D eigenvalue weighted by atomic mass is 9.92. The maximum atomic E-state index is 13.6. The quantitative estimate of drug-likeness (QED) is 0.785. The summed E-state index contributed by atoms with van der Waals surface area (Å²) in [6.07, 6.45) is 0.693. The van der Waals surface area contributed by atoms with Crippen LogP contribution in [0.15, 0.2) is 41.6 Å². The Bertz CT molecular complexity index is 936. The topological polar surface area (TPSA) is 53.0 Å². The number of benzene rings is 1. The van der Waals surface area contributed by atoms with Gasteiger partial charge in [0.05, 0.1) is 17.8 Å². The highest BCUT2D eigenvalue weighted by atomic mass is 32.2. The minimum atomic E-state index is -0.300. The highest BCUT2D eigenvalue weighted by Gasteiger charge is 2.47. The second kappa shape index (κ2) is 5.52. The molecule has 0 aliphatic carbocycles. The molecule has 0 fully saturated rings. The lowest BCUT2D eigenvalue weighted by molar-refractivity contribution is -0.0383. The van der Waals surface area contributed by atoms with Crippen molar-refractivity contribution in [2.75, 3.05) is 9.80 Å². The van der Waals surface area contributed by atoms with Gasteiger partial charge in [-0.15, -0.1) is 11.3 Å². The Kier molecular flexibility index (Phi) is 3.44. The maximum absolute atomic E-state index is 13.6. The fourth-order valence-electron chi connectivity index (χ4n) is 3.72. The van der Waals surface area contributed by atoms with E-state index >= 15 is 0 Å². The van der Waals surface area contributed by atoms with Crippen LogP contribution in [0.2, 0.25) is 0 Å². The first kappa shape index (κ1) is 16.2. The number of hydrogen-bond donors (Lipinski definition) is 1. The number of fused-ring (bicyclic) bond motifs is 5. The minimum Gasteiger partial charge on any atom is -0.494 e. The molecule has 1 aromatic heterocycles. The van der Waals surface area contributed by atoms with E-state index in [1.165, 1.54) is 11.8 Å².